The molecule has 0 spiro atoms. The fourth-order valence-electron chi connectivity index (χ4n) is 9.25. The third-order valence-electron chi connectivity index (χ3n) is 10.9. The molecule has 0 saturated heterocycles. The Kier molecular flexibility index (Phi) is 7.60. The highest BCUT2D eigenvalue weighted by molar-refractivity contribution is 5.92. The molecule has 0 aromatic carbocycles. The van der Waals surface area contributed by atoms with Crippen molar-refractivity contribution in [1.82, 2.24) is 0 Å². The molecule has 0 heterocycles. The summed E-state index contributed by atoms with van der Waals surface area (Å²) in [5, 5.41) is 0. The van der Waals surface area contributed by atoms with Crippen molar-refractivity contribution in [3.63, 3.8) is 0 Å². The van der Waals surface area contributed by atoms with Gasteiger partial charge in [0, 0.05) is 31.6 Å². The van der Waals surface area contributed by atoms with Gasteiger partial charge in [-0.1, -0.05) is 20.8 Å². The van der Waals surface area contributed by atoms with Gasteiger partial charge in [0.15, 0.2) is 11.9 Å². The minimum absolute atomic E-state index is 0.00636. The van der Waals surface area contributed by atoms with Gasteiger partial charge in [-0.15, -0.1) is 0 Å². The molecule has 36 heavy (non-hydrogen) atoms. The first-order valence-corrected chi connectivity index (χ1v) is 13.9. The van der Waals surface area contributed by atoms with Gasteiger partial charge in [-0.2, -0.15) is 0 Å². The average molecular weight is 505 g/mol. The normalized spacial score (nSPS) is 42.4. The molecule has 4 aliphatic carbocycles. The number of rotatable bonds is 6. The summed E-state index contributed by atoms with van der Waals surface area (Å²) >= 11 is 0. The molecule has 0 N–H and O–H groups in total. The summed E-state index contributed by atoms with van der Waals surface area (Å²) in [6, 6.07) is 0. The second kappa shape index (κ2) is 10.1. The van der Waals surface area contributed by atoms with Crippen molar-refractivity contribution < 1.29 is 33.4 Å². The predicted octanol–water partition coefficient (Wildman–Crippen LogP) is 4.89. The van der Waals surface area contributed by atoms with Gasteiger partial charge < -0.3 is 14.2 Å². The fourth-order valence-corrected chi connectivity index (χ4v) is 9.25. The molecule has 0 bridgehead atoms. The van der Waals surface area contributed by atoms with E-state index in [0.29, 0.717) is 24.7 Å². The molecule has 7 nitrogen and oxygen atoms in total. The molecule has 0 unspecified atom stereocenters. The van der Waals surface area contributed by atoms with Crippen molar-refractivity contribution in [3.8, 4) is 0 Å². The largest absolute Gasteiger partial charge is 0.469 e. The van der Waals surface area contributed by atoms with Crippen molar-refractivity contribution in [3.05, 3.63) is 0 Å². The van der Waals surface area contributed by atoms with Crippen LogP contribution in [0, 0.1) is 46.3 Å². The van der Waals surface area contributed by atoms with E-state index in [1.54, 1.807) is 0 Å². The number of hydrogen-bond acceptors (Lipinski definition) is 7. The molecule has 4 aliphatic rings. The van der Waals surface area contributed by atoms with Crippen molar-refractivity contribution in [1.29, 1.82) is 0 Å². The molecular weight excluding hydrogens is 460 g/mol. The summed E-state index contributed by atoms with van der Waals surface area (Å²) in [5.74, 6) is 0.491. The van der Waals surface area contributed by atoms with Crippen LogP contribution in [0.4, 0.5) is 0 Å². The molecular formula is C29H44O7. The van der Waals surface area contributed by atoms with Crippen molar-refractivity contribution in [2.75, 3.05) is 7.11 Å². The van der Waals surface area contributed by atoms with Gasteiger partial charge in [-0.3, -0.25) is 19.2 Å². The maximum Gasteiger partial charge on any atom is 0.305 e. The Morgan fingerprint density at radius 2 is 1.69 bits per heavy atom. The molecule has 7 heteroatoms. The second-order valence-electron chi connectivity index (χ2n) is 12.5. The second-order valence-corrected chi connectivity index (χ2v) is 12.5. The van der Waals surface area contributed by atoms with Crippen LogP contribution in [0.2, 0.25) is 0 Å². The molecule has 0 aromatic heterocycles. The number of hydrogen-bond donors (Lipinski definition) is 0. The topological polar surface area (TPSA) is 96.0 Å². The van der Waals surface area contributed by atoms with Crippen LogP contribution in [-0.4, -0.2) is 43.0 Å². The Balaban J connectivity index is 1.64. The molecule has 4 saturated carbocycles. The maximum atomic E-state index is 14.4. The Bertz CT molecular complexity index is 898. The summed E-state index contributed by atoms with van der Waals surface area (Å²) < 4.78 is 16.4. The van der Waals surface area contributed by atoms with Crippen LogP contribution in [0.25, 0.3) is 0 Å². The lowest BCUT2D eigenvalue weighted by molar-refractivity contribution is -0.201. The van der Waals surface area contributed by atoms with Crippen LogP contribution in [0.5, 0.6) is 0 Å². The first-order valence-electron chi connectivity index (χ1n) is 13.9. The zero-order valence-electron chi connectivity index (χ0n) is 22.8. The Labute approximate surface area is 215 Å². The molecule has 202 valence electrons. The van der Waals surface area contributed by atoms with Crippen LogP contribution in [-0.2, 0) is 33.4 Å². The van der Waals surface area contributed by atoms with Crippen molar-refractivity contribution in [2.45, 2.75) is 105 Å². The fraction of sp³-hybridized carbons (Fsp3) is 0.862. The van der Waals surface area contributed by atoms with Crippen LogP contribution in [0.15, 0.2) is 0 Å². The van der Waals surface area contributed by atoms with E-state index < -0.39 is 17.5 Å². The zero-order chi connectivity index (χ0) is 26.4. The first-order chi connectivity index (χ1) is 16.9. The minimum Gasteiger partial charge on any atom is -0.469 e. The van der Waals surface area contributed by atoms with E-state index in [0.717, 1.165) is 44.9 Å². The number of carbonyl (C=O) groups excluding carboxylic acids is 4. The lowest BCUT2D eigenvalue weighted by atomic mass is 9.43. The van der Waals surface area contributed by atoms with Gasteiger partial charge >= 0.3 is 17.9 Å². The number of carbonyl (C=O) groups is 4. The predicted molar refractivity (Wildman–Crippen MR) is 133 cm³/mol. The van der Waals surface area contributed by atoms with Gasteiger partial charge in [0.1, 0.15) is 6.10 Å². The molecule has 4 fully saturated rings. The molecule has 0 radical (unpaired) electrons. The minimum atomic E-state index is -0.736. The number of ketones is 1. The monoisotopic (exact) mass is 504 g/mol. The van der Waals surface area contributed by atoms with Gasteiger partial charge in [-0.05, 0) is 86.4 Å². The lowest BCUT2D eigenvalue weighted by Gasteiger charge is -2.62. The highest BCUT2D eigenvalue weighted by Gasteiger charge is 2.68. The van der Waals surface area contributed by atoms with Gasteiger partial charge in [0.2, 0.25) is 0 Å². The van der Waals surface area contributed by atoms with Gasteiger partial charge in [-0.25, -0.2) is 0 Å². The Hall–Kier alpha value is -1.92. The molecule has 4 rings (SSSR count). The lowest BCUT2D eigenvalue weighted by Crippen LogP contribution is -2.64. The highest BCUT2D eigenvalue weighted by Crippen LogP contribution is 2.67. The average Bonchev–Trinajstić information content (AvgIpc) is 3.17. The van der Waals surface area contributed by atoms with Crippen molar-refractivity contribution in [2.24, 2.45) is 46.3 Å². The summed E-state index contributed by atoms with van der Waals surface area (Å²) in [6.45, 7) is 9.42. The molecule has 10 atom stereocenters. The zero-order valence-corrected chi connectivity index (χ0v) is 22.8. The van der Waals surface area contributed by atoms with E-state index in [4.69, 9.17) is 14.2 Å². The first kappa shape index (κ1) is 27.1. The number of Topliss-reactive ketones (excluding diaryl/α,β-unsaturated/α-hetero) is 1. The third-order valence-corrected chi connectivity index (χ3v) is 10.9. The number of ether oxygens (including phenoxy) is 3. The van der Waals surface area contributed by atoms with Crippen LogP contribution in [0.1, 0.15) is 92.4 Å². The number of fused-ring (bicyclic) bond motifs is 5. The summed E-state index contributed by atoms with van der Waals surface area (Å²) in [7, 11) is 1.41. The number of esters is 3. The van der Waals surface area contributed by atoms with Crippen molar-refractivity contribution >= 4 is 23.7 Å². The number of methoxy groups -OCH3 is 1. The van der Waals surface area contributed by atoms with Gasteiger partial charge in [0.05, 0.1) is 7.11 Å². The molecule has 0 amide bonds. The SMILES string of the molecule is COC(=O)CC[C@@H](C)[C@H]1CC[C@H]2[C@@H]3CC[C@@H]4C[C@H](OC(C)=O)CC[C@]4(C)[C@H]3[C@@H](OC(C)=O)C(=O)[C@]12C. The molecule has 0 aromatic rings. The van der Waals surface area contributed by atoms with Crippen LogP contribution in [0.3, 0.4) is 0 Å². The van der Waals surface area contributed by atoms with E-state index in [-0.39, 0.29) is 52.9 Å². The summed E-state index contributed by atoms with van der Waals surface area (Å²) in [6.07, 6.45) is 6.71. The summed E-state index contributed by atoms with van der Waals surface area (Å²) in [4.78, 5) is 50.1. The van der Waals surface area contributed by atoms with E-state index >= 15 is 0 Å². The van der Waals surface area contributed by atoms with Gasteiger partial charge in [0.25, 0.3) is 0 Å². The standard InChI is InChI=1S/C29H44O7/c1-16(7-12-24(32)34-6)22-10-11-23-21-9-8-19-15-20(35-17(2)30)13-14-28(19,4)25(21)26(36-18(3)31)27(33)29(22,23)5/h16,19-23,25-26H,7-15H2,1-6H3/t16-,19-,20-,21+,22-,23+,25-,26-,28+,29-/m1/s1. The van der Waals surface area contributed by atoms with E-state index in [2.05, 4.69) is 20.8 Å². The van der Waals surface area contributed by atoms with E-state index in [1.807, 2.05) is 0 Å². The Morgan fingerprint density at radius 1 is 1.00 bits per heavy atom. The van der Waals surface area contributed by atoms with Crippen LogP contribution >= 0.6 is 0 Å². The highest BCUT2D eigenvalue weighted by atomic mass is 16.5. The Morgan fingerprint density at radius 3 is 2.33 bits per heavy atom. The molecule has 0 aliphatic heterocycles. The quantitative estimate of drug-likeness (QED) is 0.375. The van der Waals surface area contributed by atoms with E-state index in [1.165, 1.54) is 21.0 Å². The maximum absolute atomic E-state index is 14.4. The summed E-state index contributed by atoms with van der Waals surface area (Å²) in [5.41, 5.74) is -0.694. The third kappa shape index (κ3) is 4.49. The van der Waals surface area contributed by atoms with E-state index in [9.17, 15) is 19.2 Å². The van der Waals surface area contributed by atoms with Crippen LogP contribution < -0.4 is 0 Å². The smallest absolute Gasteiger partial charge is 0.305 e.